The van der Waals surface area contributed by atoms with E-state index in [2.05, 4.69) is 0 Å². The maximum Gasteiger partial charge on any atom is 0.460 e. The van der Waals surface area contributed by atoms with Crippen molar-refractivity contribution >= 4 is 0 Å². The molecule has 0 aliphatic carbocycles. The Hall–Kier alpha value is -1.45. The van der Waals surface area contributed by atoms with Crippen molar-refractivity contribution in [3.63, 3.8) is 0 Å². The van der Waals surface area contributed by atoms with Crippen LogP contribution < -0.4 is 0 Å². The van der Waals surface area contributed by atoms with Crippen LogP contribution in [0.5, 0.6) is 0 Å². The zero-order valence-electron chi connectivity index (χ0n) is 13.6. The lowest BCUT2D eigenvalue weighted by molar-refractivity contribution is -0.567. The molecule has 0 fully saturated rings. The largest absolute Gasteiger partial charge is 0.460 e. The number of hydrogen-bond donors (Lipinski definition) is 0. The fraction of sp³-hybridized carbons (Fsp3) is 0.900. The molecule has 3 nitrogen and oxygen atoms in total. The molecule has 0 atom stereocenters. The van der Waals surface area contributed by atoms with E-state index in [-0.39, 0.29) is 0 Å². The van der Waals surface area contributed by atoms with Gasteiger partial charge in [0.15, 0.2) is 0 Å². The van der Waals surface area contributed by atoms with Gasteiger partial charge in [-0.05, 0) is 0 Å². The summed E-state index contributed by atoms with van der Waals surface area (Å²) >= 11 is 0. The smallest absolute Gasteiger partial charge is 0.248 e. The average molecular weight is 531 g/mol. The quantitative estimate of drug-likeness (QED) is 0.312. The highest BCUT2D eigenvalue weighted by atomic mass is 19.4. The standard InChI is InChI=1S/C10H2F19O3/c1-2(11,12)30-7(22,23)8(24,25)32-10(28,29)9(26,27)31-6(20,21)4(15,16)3(13,14)5(17,18)19/h1H2. The average Bonchev–Trinajstić information content (AvgIpc) is 2.39. The Morgan fingerprint density at radius 3 is 0.844 bits per heavy atom. The highest BCUT2D eigenvalue weighted by Gasteiger charge is 2.85. The van der Waals surface area contributed by atoms with E-state index < -0.39 is 54.7 Å². The van der Waals surface area contributed by atoms with Gasteiger partial charge < -0.3 is 0 Å². The molecule has 1 radical (unpaired) electrons. The number of halogens is 19. The summed E-state index contributed by atoms with van der Waals surface area (Å²) in [7, 11) is 0. The third kappa shape index (κ3) is 5.72. The van der Waals surface area contributed by atoms with E-state index in [0.717, 1.165) is 4.74 Å². The first kappa shape index (κ1) is 30.6. The number of hydrogen-bond acceptors (Lipinski definition) is 3. The van der Waals surface area contributed by atoms with Crippen LogP contribution in [-0.2, 0) is 14.2 Å². The van der Waals surface area contributed by atoms with Crippen LogP contribution in [0.2, 0.25) is 0 Å². The fourth-order valence-electron chi connectivity index (χ4n) is 1.17. The summed E-state index contributed by atoms with van der Waals surface area (Å²) in [6.45, 7) is 1.30. The van der Waals surface area contributed by atoms with Crippen molar-refractivity contribution in [1.29, 1.82) is 0 Å². The van der Waals surface area contributed by atoms with E-state index in [4.69, 9.17) is 0 Å². The summed E-state index contributed by atoms with van der Waals surface area (Å²) in [6.07, 6.45) is -51.2. The monoisotopic (exact) mass is 531 g/mol. The molecule has 0 saturated heterocycles. The third-order valence-electron chi connectivity index (χ3n) is 2.58. The zero-order chi connectivity index (χ0) is 26.6. The second-order valence-electron chi connectivity index (χ2n) is 5.17. The molecule has 0 rings (SSSR count). The molecule has 0 amide bonds. The Kier molecular flexibility index (Phi) is 7.45. The second-order valence-corrected chi connectivity index (χ2v) is 5.17. The first-order valence-corrected chi connectivity index (χ1v) is 6.42. The molecular formula is C10H2F19O3. The van der Waals surface area contributed by atoms with E-state index in [1.54, 1.807) is 0 Å². The number of ether oxygens (including phenoxy) is 3. The Morgan fingerprint density at radius 2 is 0.594 bits per heavy atom. The molecule has 0 aromatic rings. The normalized spacial score (nSPS) is 16.5. The Labute approximate surface area is 161 Å². The summed E-state index contributed by atoms with van der Waals surface area (Å²) in [5.41, 5.74) is 0. The summed E-state index contributed by atoms with van der Waals surface area (Å²) in [5, 5.41) is 0. The molecule has 0 aliphatic heterocycles. The van der Waals surface area contributed by atoms with Crippen molar-refractivity contribution in [2.75, 3.05) is 0 Å². The molecule has 32 heavy (non-hydrogen) atoms. The van der Waals surface area contributed by atoms with Gasteiger partial charge in [0.1, 0.15) is 0 Å². The van der Waals surface area contributed by atoms with Crippen LogP contribution >= 0.6 is 0 Å². The Morgan fingerprint density at radius 1 is 0.344 bits per heavy atom. The molecule has 22 heteroatoms. The van der Waals surface area contributed by atoms with E-state index in [1.165, 1.54) is 11.7 Å². The number of rotatable bonds is 10. The lowest BCUT2D eigenvalue weighted by atomic mass is 10.1. The zero-order valence-corrected chi connectivity index (χ0v) is 13.6. The van der Waals surface area contributed by atoms with Crippen molar-refractivity contribution in [2.45, 2.75) is 54.7 Å². The minimum Gasteiger partial charge on any atom is -0.248 e. The van der Waals surface area contributed by atoms with Crippen LogP contribution in [0.25, 0.3) is 0 Å². The molecule has 0 unspecified atom stereocenters. The summed E-state index contributed by atoms with van der Waals surface area (Å²) in [6, 6.07) is 0. The maximum absolute atomic E-state index is 13.0. The predicted octanol–water partition coefficient (Wildman–Crippen LogP) is 6.26. The minimum absolute atomic E-state index is 1.14. The molecule has 0 saturated carbocycles. The summed E-state index contributed by atoms with van der Waals surface area (Å²) in [5.74, 6) is -16.1. The van der Waals surface area contributed by atoms with Gasteiger partial charge in [-0.3, -0.25) is 0 Å². The first-order valence-electron chi connectivity index (χ1n) is 6.42. The van der Waals surface area contributed by atoms with Gasteiger partial charge in [-0.25, -0.2) is 14.2 Å². The van der Waals surface area contributed by atoms with Crippen LogP contribution in [0.15, 0.2) is 0 Å². The third-order valence-corrected chi connectivity index (χ3v) is 2.58. The molecule has 0 aliphatic rings. The van der Waals surface area contributed by atoms with Crippen LogP contribution in [0.1, 0.15) is 0 Å². The molecular weight excluding hydrogens is 529 g/mol. The van der Waals surface area contributed by atoms with Crippen molar-refractivity contribution in [3.05, 3.63) is 6.92 Å². The van der Waals surface area contributed by atoms with Gasteiger partial charge in [0.05, 0.1) is 0 Å². The van der Waals surface area contributed by atoms with E-state index >= 15 is 0 Å². The van der Waals surface area contributed by atoms with Crippen molar-refractivity contribution < 1.29 is 97.6 Å². The van der Waals surface area contributed by atoms with Gasteiger partial charge in [-0.2, -0.15) is 83.4 Å². The van der Waals surface area contributed by atoms with Crippen LogP contribution in [-0.4, -0.2) is 54.7 Å². The lowest BCUT2D eigenvalue weighted by Gasteiger charge is -2.37. The van der Waals surface area contributed by atoms with E-state index in [9.17, 15) is 83.4 Å². The van der Waals surface area contributed by atoms with Gasteiger partial charge >= 0.3 is 54.7 Å². The molecule has 193 valence electrons. The van der Waals surface area contributed by atoms with Gasteiger partial charge in [0, 0.05) is 6.92 Å². The van der Waals surface area contributed by atoms with Crippen molar-refractivity contribution in [1.82, 2.24) is 0 Å². The first-order chi connectivity index (χ1) is 13.4. The molecule has 0 aromatic heterocycles. The molecule has 0 bridgehead atoms. The Bertz CT molecular complexity index is 659. The van der Waals surface area contributed by atoms with Crippen LogP contribution in [0, 0.1) is 6.92 Å². The van der Waals surface area contributed by atoms with Crippen LogP contribution in [0.4, 0.5) is 83.4 Å². The SMILES string of the molecule is [CH2]C(F)(F)OC(F)(F)C(F)(F)OC(F)(F)C(F)(F)OC(F)(F)C(F)(F)C(F)(F)C(F)(F)F. The predicted molar refractivity (Wildman–Crippen MR) is 54.2 cm³/mol. The highest BCUT2D eigenvalue weighted by Crippen LogP contribution is 2.56. The van der Waals surface area contributed by atoms with Gasteiger partial charge in [-0.1, -0.05) is 0 Å². The van der Waals surface area contributed by atoms with Crippen molar-refractivity contribution in [2.24, 2.45) is 0 Å². The fourth-order valence-corrected chi connectivity index (χ4v) is 1.17. The van der Waals surface area contributed by atoms with Gasteiger partial charge in [0.25, 0.3) is 0 Å². The van der Waals surface area contributed by atoms with Gasteiger partial charge in [-0.15, -0.1) is 0 Å². The lowest BCUT2D eigenvalue weighted by Crippen LogP contribution is -2.65. The topological polar surface area (TPSA) is 27.7 Å². The molecule has 0 N–H and O–H groups in total. The molecule has 0 spiro atoms. The molecule has 0 aromatic carbocycles. The summed E-state index contributed by atoms with van der Waals surface area (Å²) < 4.78 is 243. The summed E-state index contributed by atoms with van der Waals surface area (Å²) in [4.78, 5) is 0. The van der Waals surface area contributed by atoms with Gasteiger partial charge in [0.2, 0.25) is 0 Å². The van der Waals surface area contributed by atoms with E-state index in [0.29, 0.717) is 0 Å². The Balaban J connectivity index is 6.05. The second kappa shape index (κ2) is 7.81. The minimum atomic E-state index is -8.15. The molecule has 0 heterocycles. The maximum atomic E-state index is 13.0. The van der Waals surface area contributed by atoms with E-state index in [1.807, 2.05) is 4.74 Å². The van der Waals surface area contributed by atoms with Crippen LogP contribution in [0.3, 0.4) is 0 Å². The highest BCUT2D eigenvalue weighted by molar-refractivity contribution is 4.97. The van der Waals surface area contributed by atoms with Crippen molar-refractivity contribution in [3.8, 4) is 0 Å². The number of alkyl halides is 19.